The van der Waals surface area contributed by atoms with Gasteiger partial charge >= 0.3 is 0 Å². The van der Waals surface area contributed by atoms with Crippen LogP contribution in [0.3, 0.4) is 0 Å². The first-order chi connectivity index (χ1) is 10.1. The number of nitrogens with zero attached hydrogens (tertiary/aromatic N) is 1. The van der Waals surface area contributed by atoms with Crippen molar-refractivity contribution in [2.24, 2.45) is 0 Å². The number of nitriles is 1. The summed E-state index contributed by atoms with van der Waals surface area (Å²) in [6.45, 7) is 2.45. The highest BCUT2D eigenvalue weighted by molar-refractivity contribution is 5.30. The molecule has 2 aromatic carbocycles. The zero-order valence-electron chi connectivity index (χ0n) is 12.1. The second-order valence-electron chi connectivity index (χ2n) is 5.22. The van der Waals surface area contributed by atoms with Crippen LogP contribution in [0.4, 0.5) is 4.39 Å². The molecular weight excluding hydrogens is 265 g/mol. The summed E-state index contributed by atoms with van der Waals surface area (Å²) in [5.74, 6) is 0.373. The fraction of sp³-hybridized carbons (Fsp3) is 0.278. The van der Waals surface area contributed by atoms with Crippen molar-refractivity contribution in [3.8, 4) is 11.8 Å². The average Bonchev–Trinajstić information content (AvgIpc) is 2.54. The van der Waals surface area contributed by atoms with Gasteiger partial charge in [0.25, 0.3) is 0 Å². The molecule has 2 nitrogen and oxygen atoms in total. The molecule has 0 aliphatic carbocycles. The highest BCUT2D eigenvalue weighted by atomic mass is 19.1. The standard InChI is InChI=1S/C18H18FNO/c1-18(14-20,15-6-3-2-4-7-15)12-5-13-21-17-10-8-16(19)9-11-17/h2-4,6-11H,5,12-13H2,1H3. The molecule has 1 atom stereocenters. The molecule has 0 spiro atoms. The van der Waals surface area contributed by atoms with Gasteiger partial charge in [-0.15, -0.1) is 0 Å². The molecule has 0 aliphatic rings. The average molecular weight is 283 g/mol. The van der Waals surface area contributed by atoms with E-state index in [-0.39, 0.29) is 5.82 Å². The van der Waals surface area contributed by atoms with Gasteiger partial charge in [-0.2, -0.15) is 5.26 Å². The van der Waals surface area contributed by atoms with Gasteiger partial charge in [-0.25, -0.2) is 4.39 Å². The Balaban J connectivity index is 1.87. The van der Waals surface area contributed by atoms with Gasteiger partial charge < -0.3 is 4.74 Å². The van der Waals surface area contributed by atoms with Crippen LogP contribution in [0.1, 0.15) is 25.3 Å². The summed E-state index contributed by atoms with van der Waals surface area (Å²) < 4.78 is 18.3. The lowest BCUT2D eigenvalue weighted by molar-refractivity contribution is 0.295. The minimum absolute atomic E-state index is 0.275. The van der Waals surface area contributed by atoms with E-state index in [0.29, 0.717) is 18.8 Å². The maximum atomic E-state index is 12.8. The topological polar surface area (TPSA) is 33.0 Å². The Morgan fingerprint density at radius 1 is 1.10 bits per heavy atom. The quantitative estimate of drug-likeness (QED) is 0.733. The predicted molar refractivity (Wildman–Crippen MR) is 80.5 cm³/mol. The van der Waals surface area contributed by atoms with Gasteiger partial charge in [0, 0.05) is 0 Å². The third-order valence-electron chi connectivity index (χ3n) is 3.56. The van der Waals surface area contributed by atoms with Crippen LogP contribution in [-0.2, 0) is 5.41 Å². The first-order valence-electron chi connectivity index (χ1n) is 6.99. The van der Waals surface area contributed by atoms with Gasteiger partial charge in [0.1, 0.15) is 11.6 Å². The maximum absolute atomic E-state index is 12.8. The zero-order valence-corrected chi connectivity index (χ0v) is 12.1. The van der Waals surface area contributed by atoms with Crippen molar-refractivity contribution in [2.75, 3.05) is 6.61 Å². The molecule has 0 radical (unpaired) electrons. The van der Waals surface area contributed by atoms with E-state index in [1.54, 1.807) is 12.1 Å². The molecule has 0 N–H and O–H groups in total. The van der Waals surface area contributed by atoms with E-state index < -0.39 is 5.41 Å². The van der Waals surface area contributed by atoms with Gasteiger partial charge in [0.05, 0.1) is 18.1 Å². The normalized spacial score (nSPS) is 13.2. The van der Waals surface area contributed by atoms with Crippen molar-refractivity contribution in [1.82, 2.24) is 0 Å². The minimum Gasteiger partial charge on any atom is -0.494 e. The largest absolute Gasteiger partial charge is 0.494 e. The van der Waals surface area contributed by atoms with Crippen molar-refractivity contribution in [2.45, 2.75) is 25.2 Å². The number of hydrogen-bond donors (Lipinski definition) is 0. The second kappa shape index (κ2) is 6.90. The predicted octanol–water partition coefficient (Wildman–Crippen LogP) is 4.47. The van der Waals surface area contributed by atoms with Crippen LogP contribution in [-0.4, -0.2) is 6.61 Å². The van der Waals surface area contributed by atoms with Crippen LogP contribution in [0, 0.1) is 17.1 Å². The number of ether oxygens (including phenoxy) is 1. The molecule has 2 aromatic rings. The van der Waals surface area contributed by atoms with E-state index >= 15 is 0 Å². The zero-order chi connectivity index (χ0) is 15.1. The number of halogens is 1. The number of hydrogen-bond acceptors (Lipinski definition) is 2. The van der Waals surface area contributed by atoms with Gasteiger partial charge in [0.15, 0.2) is 0 Å². The Morgan fingerprint density at radius 3 is 2.38 bits per heavy atom. The van der Waals surface area contributed by atoms with E-state index in [4.69, 9.17) is 4.74 Å². The van der Waals surface area contributed by atoms with Crippen LogP contribution >= 0.6 is 0 Å². The lowest BCUT2D eigenvalue weighted by Gasteiger charge is -2.22. The van der Waals surface area contributed by atoms with Crippen LogP contribution < -0.4 is 4.74 Å². The summed E-state index contributed by atoms with van der Waals surface area (Å²) >= 11 is 0. The van der Waals surface area contributed by atoms with Crippen molar-refractivity contribution < 1.29 is 9.13 Å². The Hall–Kier alpha value is -2.34. The second-order valence-corrected chi connectivity index (χ2v) is 5.22. The van der Waals surface area contributed by atoms with Crippen LogP contribution in [0.2, 0.25) is 0 Å². The van der Waals surface area contributed by atoms with Crippen molar-refractivity contribution in [3.63, 3.8) is 0 Å². The smallest absolute Gasteiger partial charge is 0.123 e. The van der Waals surface area contributed by atoms with Gasteiger partial charge in [0.2, 0.25) is 0 Å². The lowest BCUT2D eigenvalue weighted by Crippen LogP contribution is -2.20. The fourth-order valence-electron chi connectivity index (χ4n) is 2.22. The molecule has 0 bridgehead atoms. The molecule has 2 rings (SSSR count). The molecule has 0 amide bonds. The Kier molecular flexibility index (Phi) is 4.94. The third-order valence-corrected chi connectivity index (χ3v) is 3.56. The van der Waals surface area contributed by atoms with E-state index in [0.717, 1.165) is 12.0 Å². The molecule has 0 aromatic heterocycles. The monoisotopic (exact) mass is 283 g/mol. The van der Waals surface area contributed by atoms with Gasteiger partial charge in [-0.3, -0.25) is 0 Å². The molecule has 0 aliphatic heterocycles. The Labute approximate surface area is 124 Å². The van der Waals surface area contributed by atoms with E-state index in [1.807, 2.05) is 37.3 Å². The molecule has 0 saturated heterocycles. The summed E-state index contributed by atoms with van der Waals surface area (Å²) in [6.07, 6.45) is 1.48. The van der Waals surface area contributed by atoms with Crippen molar-refractivity contribution in [1.29, 1.82) is 5.26 Å². The van der Waals surface area contributed by atoms with Gasteiger partial charge in [-0.1, -0.05) is 30.3 Å². The van der Waals surface area contributed by atoms with E-state index in [2.05, 4.69) is 6.07 Å². The molecule has 0 heterocycles. The molecule has 108 valence electrons. The maximum Gasteiger partial charge on any atom is 0.123 e. The van der Waals surface area contributed by atoms with E-state index in [9.17, 15) is 9.65 Å². The Morgan fingerprint density at radius 2 is 1.76 bits per heavy atom. The molecular formula is C18H18FNO. The summed E-state index contributed by atoms with van der Waals surface area (Å²) in [7, 11) is 0. The first kappa shape index (κ1) is 15.1. The van der Waals surface area contributed by atoms with Crippen molar-refractivity contribution in [3.05, 3.63) is 66.0 Å². The SMILES string of the molecule is CC(C#N)(CCCOc1ccc(F)cc1)c1ccccc1. The molecule has 3 heteroatoms. The molecule has 21 heavy (non-hydrogen) atoms. The van der Waals surface area contributed by atoms with Crippen LogP contribution in [0.5, 0.6) is 5.75 Å². The third kappa shape index (κ3) is 4.06. The summed E-state index contributed by atoms with van der Waals surface area (Å²) in [5, 5.41) is 9.45. The fourth-order valence-corrected chi connectivity index (χ4v) is 2.22. The number of rotatable bonds is 6. The first-order valence-corrected chi connectivity index (χ1v) is 6.99. The molecule has 1 unspecified atom stereocenters. The van der Waals surface area contributed by atoms with Crippen LogP contribution in [0.25, 0.3) is 0 Å². The minimum atomic E-state index is -0.507. The summed E-state index contributed by atoms with van der Waals surface area (Å²) in [4.78, 5) is 0. The molecule has 0 saturated carbocycles. The van der Waals surface area contributed by atoms with Crippen LogP contribution in [0.15, 0.2) is 54.6 Å². The summed E-state index contributed by atoms with van der Waals surface area (Å²) in [6, 6.07) is 18.1. The van der Waals surface area contributed by atoms with E-state index in [1.165, 1.54) is 12.1 Å². The Bertz CT molecular complexity index is 603. The molecule has 0 fully saturated rings. The highest BCUT2D eigenvalue weighted by Gasteiger charge is 2.25. The number of benzene rings is 2. The van der Waals surface area contributed by atoms with Crippen molar-refractivity contribution >= 4 is 0 Å². The summed E-state index contributed by atoms with van der Waals surface area (Å²) in [5.41, 5.74) is 0.516. The van der Waals surface area contributed by atoms with Gasteiger partial charge in [-0.05, 0) is 49.6 Å². The highest BCUT2D eigenvalue weighted by Crippen LogP contribution is 2.28. The lowest BCUT2D eigenvalue weighted by atomic mass is 9.80.